The standard InChI is InChI=1S/C30H40ClN3O4S/c1-21(35)18-23(19-29-32-27-9-7-24(31)20-28(27)39-29)30(37)33-26(22-11-16-38-17-12-22)10-8-25(36)6-5-15-34-13-3-2-4-14-34/h5-7,9,20,22-23,26H,2-4,8,10-19H2,1H3,(H,33,37)/b6-5+/t23-,26+/m0/s1. The van der Waals surface area contributed by atoms with Gasteiger partial charge in [-0.25, -0.2) is 4.98 Å². The molecule has 0 aliphatic carbocycles. The number of amides is 1. The first-order valence-electron chi connectivity index (χ1n) is 14.2. The molecule has 0 spiro atoms. The van der Waals surface area contributed by atoms with Crippen LogP contribution in [0.2, 0.25) is 5.02 Å². The quantitative estimate of drug-likeness (QED) is 0.323. The maximum absolute atomic E-state index is 13.6. The number of benzene rings is 1. The van der Waals surface area contributed by atoms with Gasteiger partial charge in [0.15, 0.2) is 5.78 Å². The molecule has 2 atom stereocenters. The lowest BCUT2D eigenvalue weighted by Gasteiger charge is -2.32. The van der Waals surface area contributed by atoms with E-state index in [-0.39, 0.29) is 35.9 Å². The summed E-state index contributed by atoms with van der Waals surface area (Å²) in [6, 6.07) is 5.41. The van der Waals surface area contributed by atoms with Crippen molar-refractivity contribution >= 4 is 50.6 Å². The number of carbonyl (C=O) groups excluding carboxylic acids is 3. The number of Topliss-reactive ketones (excluding diaryl/α,β-unsaturated/α-hetero) is 1. The molecule has 1 N–H and O–H groups in total. The molecule has 3 heterocycles. The number of ether oxygens (including phenoxy) is 1. The molecule has 2 fully saturated rings. The number of piperidine rings is 1. The summed E-state index contributed by atoms with van der Waals surface area (Å²) in [6.07, 6.45) is 10.6. The van der Waals surface area contributed by atoms with E-state index in [1.54, 1.807) is 12.1 Å². The van der Waals surface area contributed by atoms with E-state index in [4.69, 9.17) is 16.3 Å². The van der Waals surface area contributed by atoms with Crippen LogP contribution >= 0.6 is 22.9 Å². The number of hydrogen-bond donors (Lipinski definition) is 1. The third kappa shape index (κ3) is 9.48. The minimum Gasteiger partial charge on any atom is -0.381 e. The van der Waals surface area contributed by atoms with Crippen molar-refractivity contribution in [2.75, 3.05) is 32.8 Å². The molecule has 4 rings (SSSR count). The van der Waals surface area contributed by atoms with E-state index in [0.29, 0.717) is 37.5 Å². The van der Waals surface area contributed by atoms with Crippen LogP contribution < -0.4 is 5.32 Å². The van der Waals surface area contributed by atoms with Crippen molar-refractivity contribution < 1.29 is 19.1 Å². The highest BCUT2D eigenvalue weighted by Crippen LogP contribution is 2.28. The van der Waals surface area contributed by atoms with E-state index in [1.165, 1.54) is 37.5 Å². The summed E-state index contributed by atoms with van der Waals surface area (Å²) >= 11 is 7.63. The van der Waals surface area contributed by atoms with Crippen molar-refractivity contribution in [2.45, 2.75) is 70.8 Å². The fourth-order valence-electron chi connectivity index (χ4n) is 5.55. The molecule has 2 aliphatic rings. The van der Waals surface area contributed by atoms with E-state index in [2.05, 4.69) is 15.2 Å². The number of ketones is 2. The number of nitrogens with one attached hydrogen (secondary N) is 1. The number of carbonyl (C=O) groups is 3. The zero-order chi connectivity index (χ0) is 27.6. The molecule has 0 saturated carbocycles. The molecule has 1 aromatic carbocycles. The Kier molecular flexibility index (Phi) is 11.5. The van der Waals surface area contributed by atoms with Gasteiger partial charge in [-0.05, 0) is 82.3 Å². The van der Waals surface area contributed by atoms with Gasteiger partial charge >= 0.3 is 0 Å². The van der Waals surface area contributed by atoms with E-state index in [0.717, 1.165) is 47.7 Å². The lowest BCUT2D eigenvalue weighted by Crippen LogP contribution is -2.45. The number of halogens is 1. The molecule has 7 nitrogen and oxygen atoms in total. The summed E-state index contributed by atoms with van der Waals surface area (Å²) in [5.41, 5.74) is 0.841. The summed E-state index contributed by atoms with van der Waals surface area (Å²) < 4.78 is 6.52. The zero-order valence-electron chi connectivity index (χ0n) is 22.8. The van der Waals surface area contributed by atoms with Gasteiger partial charge in [0.1, 0.15) is 5.78 Å². The van der Waals surface area contributed by atoms with Crippen molar-refractivity contribution in [1.82, 2.24) is 15.2 Å². The van der Waals surface area contributed by atoms with Crippen LogP contribution in [0.1, 0.15) is 63.3 Å². The summed E-state index contributed by atoms with van der Waals surface area (Å²) in [5.74, 6) is -0.355. The number of allylic oxidation sites excluding steroid dienone is 1. The average Bonchev–Trinajstić information content (AvgIpc) is 3.32. The van der Waals surface area contributed by atoms with Crippen molar-refractivity contribution in [1.29, 1.82) is 0 Å². The van der Waals surface area contributed by atoms with Gasteiger partial charge in [0.25, 0.3) is 0 Å². The molecule has 0 radical (unpaired) electrons. The number of aromatic nitrogens is 1. The van der Waals surface area contributed by atoms with Crippen LogP contribution in [0.4, 0.5) is 0 Å². The number of nitrogens with zero attached hydrogens (tertiary/aromatic N) is 2. The Labute approximate surface area is 240 Å². The van der Waals surface area contributed by atoms with Gasteiger partial charge in [0.2, 0.25) is 5.91 Å². The minimum absolute atomic E-state index is 0.0315. The average molecular weight is 574 g/mol. The first-order valence-corrected chi connectivity index (χ1v) is 15.4. The maximum Gasteiger partial charge on any atom is 0.224 e. The predicted molar refractivity (Wildman–Crippen MR) is 156 cm³/mol. The van der Waals surface area contributed by atoms with E-state index < -0.39 is 5.92 Å². The number of fused-ring (bicyclic) bond motifs is 1. The van der Waals surface area contributed by atoms with E-state index >= 15 is 0 Å². The maximum atomic E-state index is 13.6. The summed E-state index contributed by atoms with van der Waals surface area (Å²) in [7, 11) is 0. The Morgan fingerprint density at radius 2 is 1.97 bits per heavy atom. The summed E-state index contributed by atoms with van der Waals surface area (Å²) in [5, 5.41) is 4.70. The molecule has 0 unspecified atom stereocenters. The third-order valence-corrected chi connectivity index (χ3v) is 8.98. The molecule has 1 amide bonds. The normalized spacial score (nSPS) is 18.8. The largest absolute Gasteiger partial charge is 0.381 e. The highest BCUT2D eigenvalue weighted by Gasteiger charge is 2.30. The van der Waals surface area contributed by atoms with Gasteiger partial charge in [0.05, 0.1) is 21.1 Å². The van der Waals surface area contributed by atoms with Gasteiger partial charge in [-0.2, -0.15) is 0 Å². The monoisotopic (exact) mass is 573 g/mol. The summed E-state index contributed by atoms with van der Waals surface area (Å²) in [6.45, 7) is 5.85. The fourth-order valence-corrected chi connectivity index (χ4v) is 6.87. The van der Waals surface area contributed by atoms with Gasteiger partial charge in [0, 0.05) is 50.1 Å². The number of thiazole rings is 1. The Morgan fingerprint density at radius 1 is 1.21 bits per heavy atom. The molecule has 39 heavy (non-hydrogen) atoms. The molecular weight excluding hydrogens is 534 g/mol. The minimum atomic E-state index is -0.513. The van der Waals surface area contributed by atoms with Gasteiger partial charge in [-0.3, -0.25) is 14.5 Å². The SMILES string of the molecule is CC(=O)C[C@@H](Cc1nc2ccc(Cl)cc2s1)C(=O)N[C@H](CCC(=O)/C=C/CN1CCCCC1)C1CCOCC1. The molecule has 9 heteroatoms. The van der Waals surface area contributed by atoms with Crippen molar-refractivity contribution in [3.63, 3.8) is 0 Å². The molecular formula is C30H40ClN3O4S. The molecule has 2 saturated heterocycles. The highest BCUT2D eigenvalue weighted by molar-refractivity contribution is 7.18. The van der Waals surface area contributed by atoms with Gasteiger partial charge < -0.3 is 14.8 Å². The number of hydrogen-bond acceptors (Lipinski definition) is 7. The first-order chi connectivity index (χ1) is 18.9. The molecule has 2 aliphatic heterocycles. The van der Waals surface area contributed by atoms with Crippen LogP contribution in [-0.2, 0) is 25.5 Å². The molecule has 1 aromatic heterocycles. The zero-order valence-corrected chi connectivity index (χ0v) is 24.4. The third-order valence-electron chi connectivity index (χ3n) is 7.70. The van der Waals surface area contributed by atoms with Crippen LogP contribution in [0.15, 0.2) is 30.4 Å². The van der Waals surface area contributed by atoms with Crippen LogP contribution in [0, 0.1) is 11.8 Å². The smallest absolute Gasteiger partial charge is 0.224 e. The predicted octanol–water partition coefficient (Wildman–Crippen LogP) is 5.39. The Hall–Kier alpha value is -2.13. The van der Waals surface area contributed by atoms with Gasteiger partial charge in [-0.1, -0.05) is 24.1 Å². The van der Waals surface area contributed by atoms with Crippen molar-refractivity contribution in [3.05, 3.63) is 40.4 Å². The lowest BCUT2D eigenvalue weighted by molar-refractivity contribution is -0.130. The Bertz CT molecular complexity index is 1150. The molecule has 212 valence electrons. The second-order valence-electron chi connectivity index (χ2n) is 10.9. The second-order valence-corrected chi connectivity index (χ2v) is 12.4. The van der Waals surface area contributed by atoms with E-state index in [1.807, 2.05) is 18.2 Å². The van der Waals surface area contributed by atoms with Crippen LogP contribution in [0.3, 0.4) is 0 Å². The van der Waals surface area contributed by atoms with Gasteiger partial charge in [-0.15, -0.1) is 11.3 Å². The van der Waals surface area contributed by atoms with Crippen molar-refractivity contribution in [3.8, 4) is 0 Å². The number of rotatable bonds is 13. The highest BCUT2D eigenvalue weighted by atomic mass is 35.5. The summed E-state index contributed by atoms with van der Waals surface area (Å²) in [4.78, 5) is 45.4. The Balaban J connectivity index is 1.38. The van der Waals surface area contributed by atoms with E-state index in [9.17, 15) is 14.4 Å². The first kappa shape index (κ1) is 29.8. The van der Waals surface area contributed by atoms with Crippen molar-refractivity contribution in [2.24, 2.45) is 11.8 Å². The number of likely N-dealkylation sites (tertiary alicyclic amines) is 1. The second kappa shape index (κ2) is 15.0. The molecule has 0 bridgehead atoms. The Morgan fingerprint density at radius 3 is 2.72 bits per heavy atom. The molecule has 2 aromatic rings. The fraction of sp³-hybridized carbons (Fsp3) is 0.600. The topological polar surface area (TPSA) is 88.6 Å². The van der Waals surface area contributed by atoms with Crippen LogP contribution in [-0.4, -0.2) is 66.2 Å². The van der Waals surface area contributed by atoms with Crippen LogP contribution in [0.25, 0.3) is 10.2 Å². The lowest BCUT2D eigenvalue weighted by atomic mass is 9.87. The van der Waals surface area contributed by atoms with Crippen LogP contribution in [0.5, 0.6) is 0 Å².